The molecule has 1 heterocycles. The molecular formula is C6H4F2N4. The monoisotopic (exact) mass is 170 g/mol. The largest absolute Gasteiger partial charge is 0.321 e. The van der Waals surface area contributed by atoms with Crippen molar-refractivity contribution in [3.63, 3.8) is 0 Å². The number of nitrogen functional groups attached to an aromatic ring is 1. The summed E-state index contributed by atoms with van der Waals surface area (Å²) in [6, 6.07) is 1.89. The van der Waals surface area contributed by atoms with Crippen molar-refractivity contribution < 1.29 is 8.78 Å². The number of hydrogen-bond acceptors (Lipinski definition) is 3. The van der Waals surface area contributed by atoms with Gasteiger partial charge in [0.1, 0.15) is 11.0 Å². The van der Waals surface area contributed by atoms with Crippen LogP contribution in [0.25, 0.3) is 11.0 Å². The van der Waals surface area contributed by atoms with Gasteiger partial charge in [0.25, 0.3) is 0 Å². The Morgan fingerprint density at radius 2 is 1.92 bits per heavy atom. The molecule has 0 amide bonds. The van der Waals surface area contributed by atoms with Crippen LogP contribution in [0.5, 0.6) is 0 Å². The standard InChI is InChI=1S/C6H4F2N4/c7-3-1-5-6(2-4(3)8)12(9)11-10-5/h1-2H,9H2. The van der Waals surface area contributed by atoms with E-state index in [2.05, 4.69) is 10.3 Å². The van der Waals surface area contributed by atoms with Crippen LogP contribution in [0.4, 0.5) is 8.78 Å². The van der Waals surface area contributed by atoms with Crippen molar-refractivity contribution in [3.05, 3.63) is 23.8 Å². The maximum absolute atomic E-state index is 12.6. The normalized spacial score (nSPS) is 10.8. The van der Waals surface area contributed by atoms with Gasteiger partial charge in [-0.15, -0.1) is 5.10 Å². The van der Waals surface area contributed by atoms with Crippen LogP contribution >= 0.6 is 0 Å². The second-order valence-electron chi connectivity index (χ2n) is 2.29. The highest BCUT2D eigenvalue weighted by Gasteiger charge is 2.08. The van der Waals surface area contributed by atoms with E-state index in [1.54, 1.807) is 0 Å². The Morgan fingerprint density at radius 3 is 2.67 bits per heavy atom. The number of aromatic nitrogens is 3. The minimum absolute atomic E-state index is 0.233. The summed E-state index contributed by atoms with van der Waals surface area (Å²) in [6.07, 6.45) is 0. The van der Waals surface area contributed by atoms with E-state index in [0.29, 0.717) is 0 Å². The molecular weight excluding hydrogens is 166 g/mol. The molecule has 0 saturated heterocycles. The van der Waals surface area contributed by atoms with E-state index in [4.69, 9.17) is 5.84 Å². The van der Waals surface area contributed by atoms with Gasteiger partial charge in [0.2, 0.25) is 0 Å². The molecule has 0 saturated carbocycles. The van der Waals surface area contributed by atoms with Gasteiger partial charge in [-0.1, -0.05) is 0 Å². The zero-order valence-corrected chi connectivity index (χ0v) is 5.83. The Morgan fingerprint density at radius 1 is 1.25 bits per heavy atom. The molecule has 1 aromatic carbocycles. The number of rotatable bonds is 0. The number of hydrogen-bond donors (Lipinski definition) is 1. The molecule has 0 aliphatic heterocycles. The van der Waals surface area contributed by atoms with Crippen molar-refractivity contribution in [1.29, 1.82) is 0 Å². The molecule has 12 heavy (non-hydrogen) atoms. The third kappa shape index (κ3) is 0.810. The van der Waals surface area contributed by atoms with Crippen molar-refractivity contribution >= 4 is 11.0 Å². The smallest absolute Gasteiger partial charge is 0.161 e. The number of benzene rings is 1. The maximum atomic E-state index is 12.6. The van der Waals surface area contributed by atoms with Gasteiger partial charge in [0.05, 0.1) is 0 Å². The maximum Gasteiger partial charge on any atom is 0.161 e. The molecule has 0 aliphatic rings. The predicted molar refractivity (Wildman–Crippen MR) is 37.6 cm³/mol. The topological polar surface area (TPSA) is 56.7 Å². The van der Waals surface area contributed by atoms with E-state index in [-0.39, 0.29) is 11.0 Å². The molecule has 0 fully saturated rings. The quantitative estimate of drug-likeness (QED) is 0.583. The van der Waals surface area contributed by atoms with Crippen molar-refractivity contribution in [2.75, 3.05) is 5.84 Å². The number of nitrogens with zero attached hydrogens (tertiary/aromatic N) is 3. The predicted octanol–water partition coefficient (Wildman–Crippen LogP) is 0.423. The molecule has 6 heteroatoms. The average Bonchev–Trinajstić information content (AvgIpc) is 2.35. The highest BCUT2D eigenvalue weighted by molar-refractivity contribution is 5.74. The first-order valence-corrected chi connectivity index (χ1v) is 3.14. The van der Waals surface area contributed by atoms with Crippen LogP contribution in [0.3, 0.4) is 0 Å². The summed E-state index contributed by atoms with van der Waals surface area (Å²) in [4.78, 5) is 0.887. The lowest BCUT2D eigenvalue weighted by Crippen LogP contribution is -2.09. The van der Waals surface area contributed by atoms with Crippen LogP contribution in [-0.2, 0) is 0 Å². The Hall–Kier alpha value is -1.72. The molecule has 0 bridgehead atoms. The van der Waals surface area contributed by atoms with Gasteiger partial charge >= 0.3 is 0 Å². The lowest BCUT2D eigenvalue weighted by atomic mass is 10.3. The summed E-state index contributed by atoms with van der Waals surface area (Å²) in [5.41, 5.74) is 0.491. The van der Waals surface area contributed by atoms with Crippen molar-refractivity contribution in [2.24, 2.45) is 0 Å². The molecule has 0 radical (unpaired) electrons. The second-order valence-corrected chi connectivity index (χ2v) is 2.29. The summed E-state index contributed by atoms with van der Waals surface area (Å²) < 4.78 is 25.2. The molecule has 1 aromatic heterocycles. The van der Waals surface area contributed by atoms with Crippen LogP contribution in [0.15, 0.2) is 12.1 Å². The first-order valence-electron chi connectivity index (χ1n) is 3.14. The highest BCUT2D eigenvalue weighted by atomic mass is 19.2. The molecule has 0 unspecified atom stereocenters. The minimum Gasteiger partial charge on any atom is -0.321 e. The Labute approximate surface area is 65.5 Å². The molecule has 2 N–H and O–H groups in total. The molecule has 62 valence electrons. The van der Waals surface area contributed by atoms with E-state index >= 15 is 0 Å². The third-order valence-electron chi connectivity index (χ3n) is 1.51. The zero-order valence-electron chi connectivity index (χ0n) is 5.83. The summed E-state index contributed by atoms with van der Waals surface area (Å²) in [5, 5.41) is 6.89. The first-order chi connectivity index (χ1) is 5.68. The van der Waals surface area contributed by atoms with Gasteiger partial charge in [-0.3, -0.25) is 0 Å². The fourth-order valence-corrected chi connectivity index (χ4v) is 0.934. The Bertz CT molecular complexity index is 436. The van der Waals surface area contributed by atoms with Crippen molar-refractivity contribution in [3.8, 4) is 0 Å². The minimum atomic E-state index is -0.962. The first kappa shape index (κ1) is 6.96. The van der Waals surface area contributed by atoms with Gasteiger partial charge < -0.3 is 5.84 Å². The van der Waals surface area contributed by atoms with Crippen LogP contribution in [0, 0.1) is 11.6 Å². The molecule has 0 atom stereocenters. The van der Waals surface area contributed by atoms with Crippen molar-refractivity contribution in [1.82, 2.24) is 15.1 Å². The molecule has 2 aromatic rings. The van der Waals surface area contributed by atoms with E-state index in [9.17, 15) is 8.78 Å². The van der Waals surface area contributed by atoms with Gasteiger partial charge in [0.15, 0.2) is 11.6 Å². The van der Waals surface area contributed by atoms with Gasteiger partial charge in [-0.2, -0.15) is 4.79 Å². The zero-order chi connectivity index (χ0) is 8.72. The molecule has 4 nitrogen and oxygen atoms in total. The van der Waals surface area contributed by atoms with Crippen molar-refractivity contribution in [2.45, 2.75) is 0 Å². The number of fused-ring (bicyclic) bond motifs is 1. The summed E-state index contributed by atoms with van der Waals surface area (Å²) in [6.45, 7) is 0. The van der Waals surface area contributed by atoms with Crippen LogP contribution in [0.1, 0.15) is 0 Å². The van der Waals surface area contributed by atoms with Gasteiger partial charge in [-0.05, 0) is 5.21 Å². The van der Waals surface area contributed by atoms with Gasteiger partial charge in [0, 0.05) is 12.1 Å². The van der Waals surface area contributed by atoms with Crippen LogP contribution < -0.4 is 5.84 Å². The second kappa shape index (κ2) is 2.13. The number of halogens is 2. The fourth-order valence-electron chi connectivity index (χ4n) is 0.934. The Kier molecular flexibility index (Phi) is 1.24. The highest BCUT2D eigenvalue weighted by Crippen LogP contribution is 2.14. The van der Waals surface area contributed by atoms with Gasteiger partial charge in [-0.25, -0.2) is 8.78 Å². The van der Waals surface area contributed by atoms with E-state index in [1.807, 2.05) is 0 Å². The molecule has 0 spiro atoms. The molecule has 0 aliphatic carbocycles. The fraction of sp³-hybridized carbons (Fsp3) is 0. The molecule has 2 rings (SSSR count). The summed E-state index contributed by atoms with van der Waals surface area (Å²) >= 11 is 0. The lowest BCUT2D eigenvalue weighted by Gasteiger charge is -1.92. The van der Waals surface area contributed by atoms with E-state index in [0.717, 1.165) is 16.9 Å². The van der Waals surface area contributed by atoms with Crippen LogP contribution in [-0.4, -0.2) is 15.1 Å². The van der Waals surface area contributed by atoms with Crippen LogP contribution in [0.2, 0.25) is 0 Å². The lowest BCUT2D eigenvalue weighted by molar-refractivity contribution is 0.510. The number of nitrogens with two attached hydrogens (primary N) is 1. The Balaban J connectivity index is 2.87. The average molecular weight is 170 g/mol. The van der Waals surface area contributed by atoms with E-state index in [1.165, 1.54) is 0 Å². The summed E-state index contributed by atoms with van der Waals surface area (Å²) in [7, 11) is 0. The SMILES string of the molecule is Nn1nnc2cc(F)c(F)cc21. The van der Waals surface area contributed by atoms with E-state index < -0.39 is 11.6 Å². The third-order valence-corrected chi connectivity index (χ3v) is 1.51. The summed E-state index contributed by atoms with van der Waals surface area (Å²) in [5.74, 6) is 3.33.